The second kappa shape index (κ2) is 7.75. The highest BCUT2D eigenvalue weighted by Gasteiger charge is 2.49. The van der Waals surface area contributed by atoms with Crippen LogP contribution >= 0.6 is 0 Å². The van der Waals surface area contributed by atoms with Crippen LogP contribution in [0.2, 0.25) is 0 Å². The molecule has 3 unspecified atom stereocenters. The van der Waals surface area contributed by atoms with E-state index >= 15 is 4.39 Å². The number of ether oxygens (including phenoxy) is 1. The molecule has 6 heteroatoms. The summed E-state index contributed by atoms with van der Waals surface area (Å²) in [5.74, 6) is 0.605. The van der Waals surface area contributed by atoms with Crippen molar-refractivity contribution in [1.29, 1.82) is 0 Å². The first-order valence-electron chi connectivity index (χ1n) is 12.1. The molecular weight excluding hydrogens is 405 g/mol. The Hall–Kier alpha value is -2.63. The Labute approximate surface area is 188 Å². The van der Waals surface area contributed by atoms with Crippen LogP contribution in [0.15, 0.2) is 54.4 Å². The zero-order chi connectivity index (χ0) is 21.8. The molecule has 5 nitrogen and oxygen atoms in total. The summed E-state index contributed by atoms with van der Waals surface area (Å²) in [6.07, 6.45) is 20.2. The molecule has 32 heavy (non-hydrogen) atoms. The lowest BCUT2D eigenvalue weighted by molar-refractivity contribution is -0.140. The molecule has 0 bridgehead atoms. The van der Waals surface area contributed by atoms with Gasteiger partial charge in [0.15, 0.2) is 0 Å². The number of rotatable bonds is 5. The third kappa shape index (κ3) is 3.54. The number of piperidine rings is 1. The van der Waals surface area contributed by atoms with E-state index in [0.29, 0.717) is 6.04 Å². The number of amides is 1. The van der Waals surface area contributed by atoms with E-state index in [1.54, 1.807) is 6.08 Å². The van der Waals surface area contributed by atoms with E-state index in [1.807, 2.05) is 34.1 Å². The fourth-order valence-corrected chi connectivity index (χ4v) is 5.38. The summed E-state index contributed by atoms with van der Waals surface area (Å²) in [5, 5.41) is 4.54. The van der Waals surface area contributed by atoms with Crippen LogP contribution in [0.1, 0.15) is 63.5 Å². The van der Waals surface area contributed by atoms with Gasteiger partial charge in [0.1, 0.15) is 17.7 Å². The number of hydrogen-bond donors (Lipinski definition) is 0. The second-order valence-electron chi connectivity index (χ2n) is 9.95. The Kier molecular flexibility index (Phi) is 4.85. The lowest BCUT2D eigenvalue weighted by atomic mass is 9.78. The Morgan fingerprint density at radius 2 is 2.00 bits per heavy atom. The predicted molar refractivity (Wildman–Crippen MR) is 120 cm³/mol. The molecule has 0 radical (unpaired) electrons. The van der Waals surface area contributed by atoms with Crippen molar-refractivity contribution in [1.82, 2.24) is 14.7 Å². The summed E-state index contributed by atoms with van der Waals surface area (Å²) >= 11 is 0. The van der Waals surface area contributed by atoms with E-state index in [0.717, 1.165) is 61.8 Å². The van der Waals surface area contributed by atoms with Crippen LogP contribution in [0.5, 0.6) is 0 Å². The van der Waals surface area contributed by atoms with Gasteiger partial charge in [-0.2, -0.15) is 5.10 Å². The number of carbonyl (C=O) groups excluding carboxylic acids is 1. The first kappa shape index (κ1) is 20.0. The molecule has 6 rings (SSSR count). The van der Waals surface area contributed by atoms with Gasteiger partial charge in [-0.1, -0.05) is 18.2 Å². The molecule has 1 aromatic heterocycles. The van der Waals surface area contributed by atoms with Gasteiger partial charge in [-0.05, 0) is 57.6 Å². The van der Waals surface area contributed by atoms with Crippen LogP contribution in [-0.4, -0.2) is 38.8 Å². The first-order chi connectivity index (χ1) is 15.6. The molecule has 4 aliphatic carbocycles. The van der Waals surface area contributed by atoms with E-state index < -0.39 is 6.04 Å². The van der Waals surface area contributed by atoms with Crippen molar-refractivity contribution in [3.8, 4) is 0 Å². The number of likely N-dealkylation sites (tertiary alicyclic amines) is 1. The Morgan fingerprint density at radius 3 is 2.72 bits per heavy atom. The molecule has 3 fully saturated rings. The van der Waals surface area contributed by atoms with Crippen molar-refractivity contribution in [3.05, 3.63) is 59.9 Å². The Morgan fingerprint density at radius 1 is 1.16 bits per heavy atom. The SMILES string of the molecule is C[C@H]1CCC2C(OC3C=CC=CC3)=C(c3cnn(C4CC4)c3)C=C(F)C2N1C(=O)C1CC1. The highest BCUT2D eigenvalue weighted by Crippen LogP contribution is 2.47. The van der Waals surface area contributed by atoms with E-state index in [1.165, 1.54) is 0 Å². The summed E-state index contributed by atoms with van der Waals surface area (Å²) in [4.78, 5) is 15.0. The zero-order valence-corrected chi connectivity index (χ0v) is 18.5. The third-order valence-electron chi connectivity index (χ3n) is 7.45. The van der Waals surface area contributed by atoms with Crippen molar-refractivity contribution in [3.63, 3.8) is 0 Å². The molecule has 2 saturated carbocycles. The largest absolute Gasteiger partial charge is 0.489 e. The number of fused-ring (bicyclic) bond motifs is 1. The quantitative estimate of drug-likeness (QED) is 0.646. The second-order valence-corrected chi connectivity index (χ2v) is 9.95. The van der Waals surface area contributed by atoms with Crippen molar-refractivity contribution in [2.24, 2.45) is 11.8 Å². The fourth-order valence-electron chi connectivity index (χ4n) is 5.38. The van der Waals surface area contributed by atoms with Gasteiger partial charge in [0.25, 0.3) is 0 Å². The fraction of sp³-hybridized carbons (Fsp3) is 0.538. The molecule has 1 amide bonds. The van der Waals surface area contributed by atoms with Crippen molar-refractivity contribution in [2.75, 3.05) is 0 Å². The van der Waals surface area contributed by atoms with E-state index in [9.17, 15) is 4.79 Å². The molecule has 168 valence electrons. The van der Waals surface area contributed by atoms with E-state index in [-0.39, 0.29) is 35.7 Å². The topological polar surface area (TPSA) is 47.4 Å². The normalized spacial score (nSPS) is 32.1. The number of allylic oxidation sites excluding steroid dienone is 4. The molecule has 1 aromatic rings. The van der Waals surface area contributed by atoms with Gasteiger partial charge < -0.3 is 9.64 Å². The summed E-state index contributed by atoms with van der Waals surface area (Å²) < 4.78 is 24.4. The van der Waals surface area contributed by atoms with Crippen LogP contribution in [0, 0.1) is 11.8 Å². The average Bonchev–Trinajstić information content (AvgIpc) is 3.74. The smallest absolute Gasteiger partial charge is 0.226 e. The highest BCUT2D eigenvalue weighted by molar-refractivity contribution is 5.83. The predicted octanol–water partition coefficient (Wildman–Crippen LogP) is 5.10. The van der Waals surface area contributed by atoms with Crippen LogP contribution < -0.4 is 0 Å². The van der Waals surface area contributed by atoms with Crippen LogP contribution in [0.25, 0.3) is 5.57 Å². The summed E-state index contributed by atoms with van der Waals surface area (Å²) in [6.45, 7) is 2.05. The number of nitrogens with zero attached hydrogens (tertiary/aromatic N) is 3. The average molecular weight is 436 g/mol. The van der Waals surface area contributed by atoms with Crippen molar-refractivity contribution in [2.45, 2.75) is 76.1 Å². The maximum atomic E-state index is 15.8. The molecule has 2 heterocycles. The molecule has 5 aliphatic rings. The minimum atomic E-state index is -0.563. The first-order valence-corrected chi connectivity index (χ1v) is 12.1. The summed E-state index contributed by atoms with van der Waals surface area (Å²) in [6, 6.07) is -0.0545. The van der Waals surface area contributed by atoms with Crippen LogP contribution in [-0.2, 0) is 9.53 Å². The van der Waals surface area contributed by atoms with Crippen molar-refractivity contribution < 1.29 is 13.9 Å². The van der Waals surface area contributed by atoms with Gasteiger partial charge in [-0.25, -0.2) is 4.39 Å². The molecule has 1 saturated heterocycles. The van der Waals surface area contributed by atoms with Gasteiger partial charge >= 0.3 is 0 Å². The van der Waals surface area contributed by atoms with Gasteiger partial charge in [-0.3, -0.25) is 9.48 Å². The summed E-state index contributed by atoms with van der Waals surface area (Å²) in [5.41, 5.74) is 1.68. The number of halogens is 1. The number of aromatic nitrogens is 2. The third-order valence-corrected chi connectivity index (χ3v) is 7.45. The Bertz CT molecular complexity index is 1040. The Balaban J connectivity index is 1.40. The van der Waals surface area contributed by atoms with Crippen LogP contribution in [0.4, 0.5) is 4.39 Å². The highest BCUT2D eigenvalue weighted by atomic mass is 19.1. The molecule has 0 spiro atoms. The van der Waals surface area contributed by atoms with E-state index in [4.69, 9.17) is 4.74 Å². The minimum absolute atomic E-state index is 0.0430. The zero-order valence-electron chi connectivity index (χ0n) is 18.5. The lowest BCUT2D eigenvalue weighted by Gasteiger charge is -2.47. The van der Waals surface area contributed by atoms with Crippen molar-refractivity contribution >= 4 is 11.5 Å². The molecule has 1 aliphatic heterocycles. The minimum Gasteiger partial charge on any atom is -0.489 e. The van der Waals surface area contributed by atoms with Crippen LogP contribution in [0.3, 0.4) is 0 Å². The monoisotopic (exact) mass is 435 g/mol. The van der Waals surface area contributed by atoms with Gasteiger partial charge in [-0.15, -0.1) is 0 Å². The lowest BCUT2D eigenvalue weighted by Crippen LogP contribution is -2.55. The van der Waals surface area contributed by atoms with Gasteiger partial charge in [0.05, 0.1) is 18.3 Å². The molecule has 4 atom stereocenters. The number of hydrogen-bond acceptors (Lipinski definition) is 3. The maximum Gasteiger partial charge on any atom is 0.226 e. The van der Waals surface area contributed by atoms with Gasteiger partial charge in [0, 0.05) is 41.6 Å². The number of carbonyl (C=O) groups is 1. The van der Waals surface area contributed by atoms with Gasteiger partial charge in [0.2, 0.25) is 5.91 Å². The maximum absolute atomic E-state index is 15.8. The summed E-state index contributed by atoms with van der Waals surface area (Å²) in [7, 11) is 0. The molecular formula is C26H30FN3O2. The standard InChI is InChI=1S/C26H30FN3O2/c1-16-7-12-21-24(30(16)26(31)17-8-9-17)23(27)13-22(18-14-28-29(15-18)19-10-11-19)25(21)32-20-5-3-2-4-6-20/h2-5,13-17,19-21,24H,6-12H2,1H3/t16-,20?,21?,24?/m0/s1. The van der Waals surface area contributed by atoms with E-state index in [2.05, 4.69) is 24.2 Å². The molecule has 0 aromatic carbocycles. The molecule has 0 N–H and O–H groups in total.